The molecule has 1 atom stereocenters. The smallest absolute Gasteiger partial charge is 0.253 e. The zero-order valence-electron chi connectivity index (χ0n) is 12.8. The van der Waals surface area contributed by atoms with Crippen LogP contribution in [0.4, 0.5) is 0 Å². The highest BCUT2D eigenvalue weighted by molar-refractivity contribution is 6.02. The minimum absolute atomic E-state index is 0.00907. The van der Waals surface area contributed by atoms with E-state index in [1.807, 2.05) is 44.2 Å². The molecule has 1 saturated heterocycles. The Morgan fingerprint density at radius 2 is 1.76 bits per heavy atom. The van der Waals surface area contributed by atoms with Gasteiger partial charge in [-0.1, -0.05) is 30.3 Å². The van der Waals surface area contributed by atoms with Crippen LogP contribution in [0, 0.1) is 5.92 Å². The number of benzene rings is 1. The number of carbonyl (C=O) groups excluding carboxylic acids is 2. The van der Waals surface area contributed by atoms with E-state index in [-0.39, 0.29) is 11.8 Å². The van der Waals surface area contributed by atoms with Gasteiger partial charge >= 0.3 is 0 Å². The van der Waals surface area contributed by atoms with E-state index in [2.05, 4.69) is 5.32 Å². The van der Waals surface area contributed by atoms with Gasteiger partial charge in [-0.05, 0) is 45.1 Å². The third-order valence-electron chi connectivity index (χ3n) is 4.76. The molecule has 0 radical (unpaired) electrons. The summed E-state index contributed by atoms with van der Waals surface area (Å²) >= 11 is 0. The first-order valence-corrected chi connectivity index (χ1v) is 7.56. The Balaban J connectivity index is 1.99. The molecule has 1 N–H and O–H groups in total. The molecule has 2 fully saturated rings. The van der Waals surface area contributed by atoms with Crippen LogP contribution in [0.2, 0.25) is 0 Å². The van der Waals surface area contributed by atoms with Crippen molar-refractivity contribution in [1.82, 2.24) is 10.2 Å². The van der Waals surface area contributed by atoms with Gasteiger partial charge in [-0.15, -0.1) is 0 Å². The summed E-state index contributed by atoms with van der Waals surface area (Å²) in [5.74, 6) is 0.457. The van der Waals surface area contributed by atoms with Gasteiger partial charge in [-0.3, -0.25) is 9.59 Å². The molecule has 0 aromatic heterocycles. The first-order chi connectivity index (χ1) is 9.85. The van der Waals surface area contributed by atoms with E-state index in [9.17, 15) is 9.59 Å². The van der Waals surface area contributed by atoms with Crippen LogP contribution in [0.3, 0.4) is 0 Å². The number of hydrogen-bond acceptors (Lipinski definition) is 2. The molecule has 1 heterocycles. The van der Waals surface area contributed by atoms with Crippen LogP contribution in [0.5, 0.6) is 0 Å². The van der Waals surface area contributed by atoms with Crippen LogP contribution in [0.15, 0.2) is 30.3 Å². The van der Waals surface area contributed by atoms with Crippen molar-refractivity contribution >= 4 is 11.8 Å². The standard InChI is InChI=1S/C17H22N2O2/c1-16(2)14(20)18-17(3,13-7-5-4-6-8-13)15(21)19(16)11-12-9-10-12/h4-8,12H,9-11H2,1-3H3,(H,18,20). The molecule has 1 aromatic carbocycles. The lowest BCUT2D eigenvalue weighted by Gasteiger charge is -2.49. The summed E-state index contributed by atoms with van der Waals surface area (Å²) in [5.41, 5.74) is -0.920. The van der Waals surface area contributed by atoms with Gasteiger partial charge in [0.15, 0.2) is 0 Å². The normalized spacial score (nSPS) is 28.4. The van der Waals surface area contributed by atoms with Gasteiger partial charge in [-0.25, -0.2) is 0 Å². The number of nitrogens with zero attached hydrogens (tertiary/aromatic N) is 1. The molecule has 112 valence electrons. The zero-order valence-corrected chi connectivity index (χ0v) is 12.8. The lowest BCUT2D eigenvalue weighted by Crippen LogP contribution is -2.72. The predicted molar refractivity (Wildman–Crippen MR) is 80.5 cm³/mol. The highest BCUT2D eigenvalue weighted by atomic mass is 16.2. The second-order valence-electron chi connectivity index (χ2n) is 6.86. The van der Waals surface area contributed by atoms with Crippen LogP contribution in [0.1, 0.15) is 39.2 Å². The summed E-state index contributed by atoms with van der Waals surface area (Å²) in [6, 6.07) is 9.49. The Morgan fingerprint density at radius 3 is 2.33 bits per heavy atom. The largest absolute Gasteiger partial charge is 0.336 e. The molecule has 1 aliphatic heterocycles. The molecule has 0 bridgehead atoms. The fraction of sp³-hybridized carbons (Fsp3) is 0.529. The van der Waals surface area contributed by atoms with E-state index in [4.69, 9.17) is 0 Å². The monoisotopic (exact) mass is 286 g/mol. The van der Waals surface area contributed by atoms with Gasteiger partial charge in [0.2, 0.25) is 5.91 Å². The van der Waals surface area contributed by atoms with Crippen molar-refractivity contribution in [2.45, 2.75) is 44.7 Å². The molecule has 1 aromatic rings. The van der Waals surface area contributed by atoms with Gasteiger partial charge in [0, 0.05) is 6.54 Å². The third kappa shape index (κ3) is 2.23. The summed E-state index contributed by atoms with van der Waals surface area (Å²) in [6.07, 6.45) is 2.31. The van der Waals surface area contributed by atoms with Crippen molar-refractivity contribution in [2.75, 3.05) is 6.54 Å². The molecular formula is C17H22N2O2. The maximum Gasteiger partial charge on any atom is 0.253 e. The van der Waals surface area contributed by atoms with Gasteiger partial charge in [0.05, 0.1) is 0 Å². The summed E-state index contributed by atoms with van der Waals surface area (Å²) in [7, 11) is 0. The van der Waals surface area contributed by atoms with Crippen LogP contribution in [-0.2, 0) is 15.1 Å². The van der Waals surface area contributed by atoms with E-state index >= 15 is 0 Å². The second-order valence-corrected chi connectivity index (χ2v) is 6.86. The average molecular weight is 286 g/mol. The molecule has 4 heteroatoms. The van der Waals surface area contributed by atoms with E-state index in [1.165, 1.54) is 0 Å². The Labute approximate surface area is 125 Å². The molecule has 1 aliphatic carbocycles. The first kappa shape index (κ1) is 14.1. The predicted octanol–water partition coefficient (Wildman–Crippen LogP) is 2.05. The van der Waals surface area contributed by atoms with Crippen LogP contribution in [0.25, 0.3) is 0 Å². The Morgan fingerprint density at radius 1 is 1.14 bits per heavy atom. The van der Waals surface area contributed by atoms with Crippen molar-refractivity contribution in [3.8, 4) is 0 Å². The van der Waals surface area contributed by atoms with Crippen molar-refractivity contribution < 1.29 is 9.59 Å². The fourth-order valence-corrected chi connectivity index (χ4v) is 2.92. The van der Waals surface area contributed by atoms with Crippen molar-refractivity contribution in [2.24, 2.45) is 5.92 Å². The molecule has 4 nitrogen and oxygen atoms in total. The number of nitrogens with one attached hydrogen (secondary N) is 1. The number of carbonyl (C=O) groups is 2. The quantitative estimate of drug-likeness (QED) is 0.924. The van der Waals surface area contributed by atoms with Crippen molar-refractivity contribution in [3.05, 3.63) is 35.9 Å². The number of amides is 2. The van der Waals surface area contributed by atoms with E-state index in [1.54, 1.807) is 11.8 Å². The van der Waals surface area contributed by atoms with Crippen molar-refractivity contribution in [1.29, 1.82) is 0 Å². The topological polar surface area (TPSA) is 49.4 Å². The molecule has 21 heavy (non-hydrogen) atoms. The SMILES string of the molecule is CC1(c2ccccc2)NC(=O)C(C)(C)N(CC2CC2)C1=O. The molecule has 3 rings (SSSR count). The Kier molecular flexibility index (Phi) is 3.08. The van der Waals surface area contributed by atoms with Gasteiger partial charge < -0.3 is 10.2 Å². The van der Waals surface area contributed by atoms with E-state index < -0.39 is 11.1 Å². The molecule has 0 spiro atoms. The van der Waals surface area contributed by atoms with Crippen molar-refractivity contribution in [3.63, 3.8) is 0 Å². The van der Waals surface area contributed by atoms with E-state index in [0.717, 1.165) is 18.4 Å². The fourth-order valence-electron chi connectivity index (χ4n) is 2.92. The van der Waals surface area contributed by atoms with Crippen LogP contribution in [-0.4, -0.2) is 28.8 Å². The van der Waals surface area contributed by atoms with Gasteiger partial charge in [0.25, 0.3) is 5.91 Å². The zero-order chi connectivity index (χ0) is 15.3. The number of hydrogen-bond donors (Lipinski definition) is 1. The number of piperazine rings is 1. The second kappa shape index (κ2) is 4.58. The van der Waals surface area contributed by atoms with Gasteiger partial charge in [0.1, 0.15) is 11.1 Å². The minimum Gasteiger partial charge on any atom is -0.336 e. The number of rotatable bonds is 3. The van der Waals surface area contributed by atoms with Gasteiger partial charge in [-0.2, -0.15) is 0 Å². The maximum absolute atomic E-state index is 13.1. The van der Waals surface area contributed by atoms with Crippen LogP contribution >= 0.6 is 0 Å². The highest BCUT2D eigenvalue weighted by Crippen LogP contribution is 2.37. The summed E-state index contributed by atoms with van der Waals surface area (Å²) < 4.78 is 0. The lowest BCUT2D eigenvalue weighted by molar-refractivity contribution is -0.161. The Bertz CT molecular complexity index is 578. The summed E-state index contributed by atoms with van der Waals surface area (Å²) in [4.78, 5) is 27.4. The lowest BCUT2D eigenvalue weighted by atomic mass is 9.83. The molecule has 2 amide bonds. The summed E-state index contributed by atoms with van der Waals surface area (Å²) in [5, 5.41) is 2.94. The first-order valence-electron chi connectivity index (χ1n) is 7.56. The molecule has 1 unspecified atom stereocenters. The highest BCUT2D eigenvalue weighted by Gasteiger charge is 2.53. The average Bonchev–Trinajstić information content (AvgIpc) is 3.27. The maximum atomic E-state index is 13.1. The summed E-state index contributed by atoms with van der Waals surface area (Å²) in [6.45, 7) is 6.14. The minimum atomic E-state index is -0.969. The molecular weight excluding hydrogens is 264 g/mol. The molecule has 2 aliphatic rings. The van der Waals surface area contributed by atoms with Crippen LogP contribution < -0.4 is 5.32 Å². The Hall–Kier alpha value is -1.84. The van der Waals surface area contributed by atoms with E-state index in [0.29, 0.717) is 12.5 Å². The molecule has 1 saturated carbocycles. The third-order valence-corrected chi connectivity index (χ3v) is 4.76.